The molecule has 1 atom stereocenters. The Morgan fingerprint density at radius 3 is 2.40 bits per heavy atom. The van der Waals surface area contributed by atoms with Gasteiger partial charge in [-0.05, 0) is 76.2 Å². The van der Waals surface area contributed by atoms with E-state index in [-0.39, 0.29) is 29.7 Å². The van der Waals surface area contributed by atoms with Gasteiger partial charge in [0.1, 0.15) is 11.9 Å². The van der Waals surface area contributed by atoms with Crippen LogP contribution in [-0.4, -0.2) is 53.3 Å². The monoisotopic (exact) mass is 415 g/mol. The molecule has 1 spiro atoms. The summed E-state index contributed by atoms with van der Waals surface area (Å²) in [7, 11) is 0. The summed E-state index contributed by atoms with van der Waals surface area (Å²) < 4.78 is 13.1. The van der Waals surface area contributed by atoms with Crippen molar-refractivity contribution in [2.75, 3.05) is 19.6 Å². The maximum absolute atomic E-state index is 13.1. The van der Waals surface area contributed by atoms with E-state index in [0.717, 1.165) is 63.7 Å². The zero-order valence-corrected chi connectivity index (χ0v) is 18.2. The van der Waals surface area contributed by atoms with E-state index in [9.17, 15) is 14.0 Å². The number of halogens is 1. The zero-order valence-electron chi connectivity index (χ0n) is 18.2. The highest BCUT2D eigenvalue weighted by atomic mass is 19.1. The van der Waals surface area contributed by atoms with E-state index in [1.165, 1.54) is 12.1 Å². The summed E-state index contributed by atoms with van der Waals surface area (Å²) in [5.74, 6) is 0.501. The number of carbonyl (C=O) groups excluding carboxylic acids is 2. The van der Waals surface area contributed by atoms with Gasteiger partial charge >= 0.3 is 0 Å². The van der Waals surface area contributed by atoms with Gasteiger partial charge in [0.2, 0.25) is 11.8 Å². The van der Waals surface area contributed by atoms with Crippen molar-refractivity contribution < 1.29 is 14.0 Å². The molecule has 0 radical (unpaired) electrons. The van der Waals surface area contributed by atoms with Gasteiger partial charge in [-0.25, -0.2) is 4.39 Å². The van der Waals surface area contributed by atoms with Crippen molar-refractivity contribution in [2.45, 2.75) is 71.0 Å². The lowest BCUT2D eigenvalue weighted by atomic mass is 9.68. The van der Waals surface area contributed by atoms with Gasteiger partial charge in [-0.1, -0.05) is 25.0 Å². The molecule has 2 amide bonds. The van der Waals surface area contributed by atoms with Crippen molar-refractivity contribution in [1.29, 1.82) is 0 Å². The molecule has 0 bridgehead atoms. The molecule has 1 N–H and O–H groups in total. The average Bonchev–Trinajstić information content (AvgIpc) is 3.25. The van der Waals surface area contributed by atoms with Crippen LogP contribution in [0.2, 0.25) is 0 Å². The Kier molecular flexibility index (Phi) is 6.14. The summed E-state index contributed by atoms with van der Waals surface area (Å²) in [4.78, 5) is 30.0. The number of rotatable bonds is 6. The van der Waals surface area contributed by atoms with E-state index in [1.807, 2.05) is 26.0 Å². The Labute approximate surface area is 179 Å². The highest BCUT2D eigenvalue weighted by Gasteiger charge is 2.64. The van der Waals surface area contributed by atoms with Crippen LogP contribution in [0.4, 0.5) is 4.39 Å². The van der Waals surface area contributed by atoms with Gasteiger partial charge in [-0.15, -0.1) is 0 Å². The predicted octanol–water partition coefficient (Wildman–Crippen LogP) is 3.33. The van der Waals surface area contributed by atoms with Gasteiger partial charge in [0.05, 0.1) is 5.41 Å². The molecule has 1 aromatic carbocycles. The maximum atomic E-state index is 13.1. The van der Waals surface area contributed by atoms with Crippen LogP contribution < -0.4 is 5.32 Å². The van der Waals surface area contributed by atoms with Crippen LogP contribution in [0.15, 0.2) is 24.3 Å². The minimum atomic E-state index is -0.424. The van der Waals surface area contributed by atoms with Crippen LogP contribution in [0, 0.1) is 17.2 Å². The quantitative estimate of drug-likeness (QED) is 0.725. The van der Waals surface area contributed by atoms with Crippen LogP contribution >= 0.6 is 0 Å². The van der Waals surface area contributed by atoms with Crippen LogP contribution in [0.5, 0.6) is 0 Å². The summed E-state index contributed by atoms with van der Waals surface area (Å²) in [6.07, 6.45) is 5.90. The first-order valence-electron chi connectivity index (χ1n) is 11.5. The third kappa shape index (κ3) is 3.98. The molecule has 3 fully saturated rings. The smallest absolute Gasteiger partial charge is 0.243 e. The number of nitrogens with one attached hydrogen (secondary N) is 1. The summed E-state index contributed by atoms with van der Waals surface area (Å²) in [5, 5.41) is 3.19. The van der Waals surface area contributed by atoms with E-state index < -0.39 is 5.41 Å². The van der Waals surface area contributed by atoms with Gasteiger partial charge in [0, 0.05) is 19.1 Å². The number of β-lactam (4-membered cyclic amide) rings is 1. The second-order valence-corrected chi connectivity index (χ2v) is 9.66. The first-order valence-corrected chi connectivity index (χ1v) is 11.5. The fourth-order valence-electron chi connectivity index (χ4n) is 5.63. The van der Waals surface area contributed by atoms with Gasteiger partial charge in [-0.3, -0.25) is 14.5 Å². The molecular weight excluding hydrogens is 381 g/mol. The summed E-state index contributed by atoms with van der Waals surface area (Å²) in [5.41, 5.74) is 0.709. The van der Waals surface area contributed by atoms with Crippen LogP contribution in [0.1, 0.15) is 57.9 Å². The van der Waals surface area contributed by atoms with Crippen molar-refractivity contribution in [3.05, 3.63) is 35.6 Å². The Morgan fingerprint density at radius 1 is 1.17 bits per heavy atom. The van der Waals surface area contributed by atoms with Crippen LogP contribution in [0.3, 0.4) is 0 Å². The lowest BCUT2D eigenvalue weighted by Gasteiger charge is -2.55. The molecule has 30 heavy (non-hydrogen) atoms. The maximum Gasteiger partial charge on any atom is 0.243 e. The van der Waals surface area contributed by atoms with Crippen LogP contribution in [0.25, 0.3) is 0 Å². The molecule has 6 heteroatoms. The molecule has 1 aromatic rings. The Hall–Kier alpha value is -1.95. The Balaban J connectivity index is 1.26. The molecule has 2 aliphatic heterocycles. The SMILES string of the molecule is CC(C)N1C(=O)C2(CCCC2)C1C(=O)NCC1CCN(Cc2ccc(F)cc2)CC1. The molecule has 1 aliphatic carbocycles. The van der Waals surface area contributed by atoms with Crippen molar-refractivity contribution in [1.82, 2.24) is 15.1 Å². The number of amides is 2. The van der Waals surface area contributed by atoms with Gasteiger partial charge in [0.25, 0.3) is 0 Å². The molecule has 4 rings (SSSR count). The Bertz CT molecular complexity index is 765. The molecule has 3 aliphatic rings. The number of carbonyl (C=O) groups is 2. The zero-order chi connectivity index (χ0) is 21.3. The average molecular weight is 416 g/mol. The lowest BCUT2D eigenvalue weighted by molar-refractivity contribution is -0.181. The standard InChI is InChI=1S/C24H34FN3O2/c1-17(2)28-21(24(23(28)30)11-3-4-12-24)22(29)26-15-18-9-13-27(14-10-18)16-19-5-7-20(25)8-6-19/h5-8,17-18,21H,3-4,9-16H2,1-2H3,(H,26,29). The van der Waals surface area contributed by atoms with Crippen molar-refractivity contribution in [3.8, 4) is 0 Å². The minimum absolute atomic E-state index is 0.0407. The number of likely N-dealkylation sites (tertiary alicyclic amines) is 2. The fraction of sp³-hybridized carbons (Fsp3) is 0.667. The first-order chi connectivity index (χ1) is 14.4. The van der Waals surface area contributed by atoms with Crippen molar-refractivity contribution in [2.24, 2.45) is 11.3 Å². The fourth-order valence-corrected chi connectivity index (χ4v) is 5.63. The van der Waals surface area contributed by atoms with E-state index in [1.54, 1.807) is 4.90 Å². The summed E-state index contributed by atoms with van der Waals surface area (Å²) in [6, 6.07) is 6.50. The normalized spacial score (nSPS) is 24.5. The highest BCUT2D eigenvalue weighted by Crippen LogP contribution is 2.52. The molecule has 1 unspecified atom stereocenters. The molecule has 1 saturated carbocycles. The van der Waals surface area contributed by atoms with Crippen LogP contribution in [-0.2, 0) is 16.1 Å². The van der Waals surface area contributed by atoms with E-state index in [0.29, 0.717) is 12.5 Å². The third-order valence-corrected chi connectivity index (χ3v) is 7.35. The van der Waals surface area contributed by atoms with E-state index in [4.69, 9.17) is 0 Å². The van der Waals surface area contributed by atoms with Gasteiger partial charge in [-0.2, -0.15) is 0 Å². The van der Waals surface area contributed by atoms with E-state index in [2.05, 4.69) is 10.2 Å². The topological polar surface area (TPSA) is 52.7 Å². The molecule has 0 aromatic heterocycles. The second kappa shape index (κ2) is 8.66. The molecule has 5 nitrogen and oxygen atoms in total. The van der Waals surface area contributed by atoms with Gasteiger partial charge < -0.3 is 10.2 Å². The van der Waals surface area contributed by atoms with Crippen molar-refractivity contribution in [3.63, 3.8) is 0 Å². The first kappa shape index (κ1) is 21.3. The molecular formula is C24H34FN3O2. The molecule has 2 saturated heterocycles. The van der Waals surface area contributed by atoms with E-state index >= 15 is 0 Å². The second-order valence-electron chi connectivity index (χ2n) is 9.66. The van der Waals surface area contributed by atoms with Gasteiger partial charge in [0.15, 0.2) is 0 Å². The lowest BCUT2D eigenvalue weighted by Crippen LogP contribution is -2.74. The number of hydrogen-bond donors (Lipinski definition) is 1. The molecule has 164 valence electrons. The minimum Gasteiger partial charge on any atom is -0.354 e. The summed E-state index contributed by atoms with van der Waals surface area (Å²) in [6.45, 7) is 7.50. The number of piperidine rings is 1. The third-order valence-electron chi connectivity index (χ3n) is 7.35. The largest absolute Gasteiger partial charge is 0.354 e. The highest BCUT2D eigenvalue weighted by molar-refractivity contribution is 6.02. The molecule has 2 heterocycles. The predicted molar refractivity (Wildman–Crippen MR) is 114 cm³/mol. The number of hydrogen-bond acceptors (Lipinski definition) is 3. The Morgan fingerprint density at radius 2 is 1.80 bits per heavy atom. The number of nitrogens with zero attached hydrogens (tertiary/aromatic N) is 2. The van der Waals surface area contributed by atoms with Crippen molar-refractivity contribution >= 4 is 11.8 Å². The summed E-state index contributed by atoms with van der Waals surface area (Å²) >= 11 is 0. The number of benzene rings is 1.